The number of piperidine rings is 1. The molecule has 0 unspecified atom stereocenters. The molecule has 0 saturated carbocycles. The Kier molecular flexibility index (Phi) is 5.98. The molecular weight excluding hydrogens is 374 g/mol. The minimum atomic E-state index is -3.17. The topological polar surface area (TPSA) is 105 Å². The predicted octanol–water partition coefficient (Wildman–Crippen LogP) is 0.479. The third-order valence-corrected chi connectivity index (χ3v) is 5.48. The quantitative estimate of drug-likeness (QED) is 0.505. The van der Waals surface area contributed by atoms with Gasteiger partial charge in [0.2, 0.25) is 0 Å². The molecule has 2 fully saturated rings. The molecule has 9 nitrogen and oxygen atoms in total. The number of sulfone groups is 1. The number of hydroxylamine groups is 3. The number of carbonyl (C=O) groups excluding carboxylic acids is 2. The number of urea groups is 1. The Balaban J connectivity index is 1.51. The molecule has 2 aliphatic heterocycles. The molecule has 0 spiro atoms. The first kappa shape index (κ1) is 19.6. The second-order valence-corrected chi connectivity index (χ2v) is 8.97. The van der Waals surface area contributed by atoms with Gasteiger partial charge in [0.15, 0.2) is 0 Å². The number of nitrogens with zero attached hydrogens (tertiary/aromatic N) is 2. The predicted molar refractivity (Wildman–Crippen MR) is 95.8 cm³/mol. The van der Waals surface area contributed by atoms with Gasteiger partial charge in [-0.15, -0.1) is 0 Å². The average Bonchev–Trinajstić information content (AvgIpc) is 2.87. The molecule has 10 heteroatoms. The number of hydrogen-bond donors (Lipinski definition) is 1. The largest absolute Gasteiger partial charge is 0.345 e. The van der Waals surface area contributed by atoms with E-state index in [1.807, 2.05) is 30.3 Å². The van der Waals surface area contributed by atoms with Crippen molar-refractivity contribution in [3.63, 3.8) is 0 Å². The molecule has 3 rings (SSSR count). The van der Waals surface area contributed by atoms with Crippen molar-refractivity contribution in [3.8, 4) is 0 Å². The van der Waals surface area contributed by atoms with Crippen LogP contribution in [0.25, 0.3) is 0 Å². The fraction of sp³-hybridized carbons (Fsp3) is 0.529. The average molecular weight is 397 g/mol. The lowest BCUT2D eigenvalue weighted by Crippen LogP contribution is -2.49. The van der Waals surface area contributed by atoms with Crippen molar-refractivity contribution < 1.29 is 27.7 Å². The Morgan fingerprint density at radius 3 is 2.70 bits per heavy atom. The first-order valence-corrected chi connectivity index (χ1v) is 10.8. The Hall–Kier alpha value is -2.17. The van der Waals surface area contributed by atoms with Crippen LogP contribution in [-0.4, -0.2) is 67.6 Å². The highest BCUT2D eigenvalue weighted by atomic mass is 32.2. The molecule has 2 aliphatic rings. The van der Waals surface area contributed by atoms with Gasteiger partial charge in [0.25, 0.3) is 5.91 Å². The van der Waals surface area contributed by atoms with Gasteiger partial charge in [0, 0.05) is 12.8 Å². The van der Waals surface area contributed by atoms with Crippen LogP contribution >= 0.6 is 0 Å². The molecule has 148 valence electrons. The van der Waals surface area contributed by atoms with E-state index >= 15 is 0 Å². The second kappa shape index (κ2) is 8.24. The van der Waals surface area contributed by atoms with Gasteiger partial charge in [-0.3, -0.25) is 14.5 Å². The number of rotatable bonds is 8. The van der Waals surface area contributed by atoms with Crippen molar-refractivity contribution in [1.29, 1.82) is 0 Å². The fourth-order valence-corrected chi connectivity index (χ4v) is 3.56. The normalized spacial score (nSPS) is 22.2. The molecule has 3 amide bonds. The summed E-state index contributed by atoms with van der Waals surface area (Å²) in [6, 6.07) is 8.45. The van der Waals surface area contributed by atoms with E-state index in [9.17, 15) is 18.0 Å². The molecule has 1 aromatic carbocycles. The van der Waals surface area contributed by atoms with E-state index in [4.69, 9.17) is 9.68 Å². The zero-order valence-corrected chi connectivity index (χ0v) is 15.9. The van der Waals surface area contributed by atoms with Gasteiger partial charge in [0.1, 0.15) is 22.5 Å². The van der Waals surface area contributed by atoms with E-state index in [-0.39, 0.29) is 31.0 Å². The van der Waals surface area contributed by atoms with Gasteiger partial charge in [-0.25, -0.2) is 18.7 Å². The first-order valence-electron chi connectivity index (χ1n) is 8.71. The summed E-state index contributed by atoms with van der Waals surface area (Å²) >= 11 is 0. The van der Waals surface area contributed by atoms with Crippen LogP contribution in [0.2, 0.25) is 0 Å². The van der Waals surface area contributed by atoms with E-state index in [0.717, 1.165) is 11.8 Å². The lowest BCUT2D eigenvalue weighted by atomic mass is 10.0. The Morgan fingerprint density at radius 2 is 2.00 bits per heavy atom. The SMILES string of the molecule is CS(=O)(=O)CCONC(=O)[C@@H]1CC[C@@H]2CN1C(=O)N2OCc1ccccc1. The molecule has 0 radical (unpaired) electrons. The number of carbonyl (C=O) groups is 2. The summed E-state index contributed by atoms with van der Waals surface area (Å²) in [6.07, 6.45) is 2.22. The number of amides is 3. The van der Waals surface area contributed by atoms with Gasteiger partial charge < -0.3 is 4.90 Å². The third kappa shape index (κ3) is 4.96. The van der Waals surface area contributed by atoms with E-state index in [1.54, 1.807) is 0 Å². The molecule has 0 aliphatic carbocycles. The van der Waals surface area contributed by atoms with Crippen LogP contribution in [0.3, 0.4) is 0 Å². The Labute approximate surface area is 158 Å². The summed E-state index contributed by atoms with van der Waals surface area (Å²) in [5.41, 5.74) is 3.20. The molecule has 1 aromatic rings. The fourth-order valence-electron chi connectivity index (χ4n) is 3.17. The molecule has 27 heavy (non-hydrogen) atoms. The first-order chi connectivity index (χ1) is 12.8. The monoisotopic (exact) mass is 397 g/mol. The summed E-state index contributed by atoms with van der Waals surface area (Å²) in [6.45, 7) is 0.553. The van der Waals surface area contributed by atoms with Gasteiger partial charge in [0.05, 0.1) is 18.4 Å². The van der Waals surface area contributed by atoms with Crippen LogP contribution < -0.4 is 5.48 Å². The maximum absolute atomic E-state index is 12.6. The Morgan fingerprint density at radius 1 is 1.26 bits per heavy atom. The van der Waals surface area contributed by atoms with Gasteiger partial charge in [-0.2, -0.15) is 5.06 Å². The van der Waals surface area contributed by atoms with Gasteiger partial charge >= 0.3 is 6.03 Å². The van der Waals surface area contributed by atoms with Crippen LogP contribution in [0, 0.1) is 0 Å². The lowest BCUT2D eigenvalue weighted by Gasteiger charge is -2.28. The van der Waals surface area contributed by atoms with Crippen molar-refractivity contribution in [2.24, 2.45) is 0 Å². The minimum Gasteiger partial charge on any atom is -0.309 e. The molecule has 2 bridgehead atoms. The summed E-state index contributed by atoms with van der Waals surface area (Å²) in [4.78, 5) is 37.0. The van der Waals surface area contributed by atoms with Crippen LogP contribution in [0.1, 0.15) is 18.4 Å². The summed E-state index contributed by atoms with van der Waals surface area (Å²) < 4.78 is 22.1. The van der Waals surface area contributed by atoms with Crippen molar-refractivity contribution >= 4 is 21.8 Å². The van der Waals surface area contributed by atoms with Crippen LogP contribution in [-0.2, 0) is 30.9 Å². The van der Waals surface area contributed by atoms with Crippen molar-refractivity contribution in [2.75, 3.05) is 25.2 Å². The zero-order valence-electron chi connectivity index (χ0n) is 15.0. The van der Waals surface area contributed by atoms with Crippen molar-refractivity contribution in [1.82, 2.24) is 15.4 Å². The van der Waals surface area contributed by atoms with E-state index in [2.05, 4.69) is 5.48 Å². The molecule has 1 N–H and O–H groups in total. The van der Waals surface area contributed by atoms with Crippen LogP contribution in [0.5, 0.6) is 0 Å². The molecule has 2 atom stereocenters. The zero-order chi connectivity index (χ0) is 19.4. The highest BCUT2D eigenvalue weighted by molar-refractivity contribution is 7.90. The molecule has 2 heterocycles. The number of hydrogen-bond acceptors (Lipinski definition) is 6. The highest BCUT2D eigenvalue weighted by Gasteiger charge is 2.48. The standard InChI is InChI=1S/C17H23N3O6S/c1-27(23,24)10-9-25-18-16(21)15-8-7-14-11-19(15)17(22)20(14)26-12-13-5-3-2-4-6-13/h2-6,14-15H,7-12H2,1H3,(H,18,21)/t14-,15+/m1/s1. The maximum Gasteiger partial charge on any atom is 0.345 e. The molecule has 2 saturated heterocycles. The summed E-state index contributed by atoms with van der Waals surface area (Å²) in [7, 11) is -3.17. The van der Waals surface area contributed by atoms with Crippen molar-refractivity contribution in [2.45, 2.75) is 31.5 Å². The smallest absolute Gasteiger partial charge is 0.309 e. The van der Waals surface area contributed by atoms with E-state index < -0.39 is 21.8 Å². The third-order valence-electron chi connectivity index (χ3n) is 4.57. The van der Waals surface area contributed by atoms with Crippen LogP contribution in [0.15, 0.2) is 30.3 Å². The number of nitrogens with one attached hydrogen (secondary N) is 1. The summed E-state index contributed by atoms with van der Waals surface area (Å²) in [5, 5.41) is 1.35. The van der Waals surface area contributed by atoms with Gasteiger partial charge in [-0.05, 0) is 18.4 Å². The highest BCUT2D eigenvalue weighted by Crippen LogP contribution is 2.30. The second-order valence-electron chi connectivity index (χ2n) is 6.71. The van der Waals surface area contributed by atoms with Crippen LogP contribution in [0.4, 0.5) is 4.79 Å². The minimum absolute atomic E-state index is 0.0867. The van der Waals surface area contributed by atoms with Crippen molar-refractivity contribution in [3.05, 3.63) is 35.9 Å². The lowest BCUT2D eigenvalue weighted by molar-refractivity contribution is -0.141. The maximum atomic E-state index is 12.6. The molecular formula is C17H23N3O6S. The molecule has 0 aromatic heterocycles. The number of benzene rings is 1. The Bertz CT molecular complexity index is 785. The summed E-state index contributed by atoms with van der Waals surface area (Å²) in [5.74, 6) is -0.649. The van der Waals surface area contributed by atoms with E-state index in [0.29, 0.717) is 19.4 Å². The van der Waals surface area contributed by atoms with Gasteiger partial charge in [-0.1, -0.05) is 30.3 Å². The van der Waals surface area contributed by atoms with E-state index in [1.165, 1.54) is 9.96 Å². The number of fused-ring (bicyclic) bond motifs is 2.